The van der Waals surface area contributed by atoms with Gasteiger partial charge < -0.3 is 10.2 Å². The van der Waals surface area contributed by atoms with Crippen LogP contribution in [0.25, 0.3) is 0 Å². The van der Waals surface area contributed by atoms with E-state index in [0.29, 0.717) is 0 Å². The summed E-state index contributed by atoms with van der Waals surface area (Å²) in [7, 11) is 1.73. The lowest BCUT2D eigenvalue weighted by Gasteiger charge is -2.31. The van der Waals surface area contributed by atoms with Gasteiger partial charge in [-0.05, 0) is 32.0 Å². The monoisotopic (exact) mass is 237 g/mol. The summed E-state index contributed by atoms with van der Waals surface area (Å²) in [5.41, 5.74) is 0.0982. The van der Waals surface area contributed by atoms with E-state index in [-0.39, 0.29) is 17.5 Å². The molecule has 1 fully saturated rings. The third-order valence-electron chi connectivity index (χ3n) is 3.18. The van der Waals surface area contributed by atoms with Gasteiger partial charge in [-0.15, -0.1) is 0 Å². The lowest BCUT2D eigenvalue weighted by atomic mass is 10.0. The highest BCUT2D eigenvalue weighted by Crippen LogP contribution is 2.15. The molecule has 0 saturated carbocycles. The number of piperidine rings is 1. The number of halogens is 1. The molecule has 4 nitrogen and oxygen atoms in total. The van der Waals surface area contributed by atoms with Gasteiger partial charge in [-0.3, -0.25) is 9.78 Å². The summed E-state index contributed by atoms with van der Waals surface area (Å²) in [6.07, 6.45) is 4.33. The van der Waals surface area contributed by atoms with Crippen molar-refractivity contribution in [3.8, 4) is 0 Å². The van der Waals surface area contributed by atoms with Crippen LogP contribution in [0.3, 0.4) is 0 Å². The molecule has 1 aromatic rings. The third-order valence-corrected chi connectivity index (χ3v) is 3.18. The Morgan fingerprint density at radius 3 is 2.88 bits per heavy atom. The second-order valence-corrected chi connectivity index (χ2v) is 4.25. The molecule has 5 heteroatoms. The van der Waals surface area contributed by atoms with Crippen LogP contribution in [0.15, 0.2) is 18.5 Å². The van der Waals surface area contributed by atoms with Crippen LogP contribution in [0.4, 0.5) is 4.39 Å². The van der Waals surface area contributed by atoms with Crippen LogP contribution >= 0.6 is 0 Å². The van der Waals surface area contributed by atoms with Gasteiger partial charge in [0.25, 0.3) is 5.91 Å². The first kappa shape index (κ1) is 12.0. The minimum absolute atomic E-state index is 0.0982. The van der Waals surface area contributed by atoms with Crippen LogP contribution in [-0.2, 0) is 0 Å². The normalized spacial score (nSPS) is 16.8. The molecule has 0 aliphatic carbocycles. The van der Waals surface area contributed by atoms with E-state index in [0.717, 1.165) is 32.1 Å². The molecule has 17 heavy (non-hydrogen) atoms. The molecule has 92 valence electrons. The predicted molar refractivity (Wildman–Crippen MR) is 62.2 cm³/mol. The Bertz CT molecular complexity index is 404. The van der Waals surface area contributed by atoms with Crippen molar-refractivity contribution < 1.29 is 9.18 Å². The minimum Gasteiger partial charge on any atom is -0.339 e. The molecule has 1 aliphatic heterocycles. The second kappa shape index (κ2) is 5.23. The Balaban J connectivity index is 2.11. The Kier molecular flexibility index (Phi) is 3.68. The number of hydrogen-bond acceptors (Lipinski definition) is 3. The van der Waals surface area contributed by atoms with Crippen molar-refractivity contribution in [2.45, 2.75) is 18.9 Å². The van der Waals surface area contributed by atoms with Crippen molar-refractivity contribution in [1.82, 2.24) is 15.2 Å². The van der Waals surface area contributed by atoms with Crippen molar-refractivity contribution in [2.24, 2.45) is 0 Å². The Morgan fingerprint density at radius 1 is 1.53 bits per heavy atom. The molecule has 0 unspecified atom stereocenters. The molecule has 2 heterocycles. The number of carbonyl (C=O) groups excluding carboxylic acids is 1. The van der Waals surface area contributed by atoms with Gasteiger partial charge >= 0.3 is 0 Å². The van der Waals surface area contributed by atoms with E-state index in [1.54, 1.807) is 11.9 Å². The Labute approximate surface area is 99.8 Å². The fourth-order valence-corrected chi connectivity index (χ4v) is 2.10. The van der Waals surface area contributed by atoms with E-state index >= 15 is 0 Å². The summed E-state index contributed by atoms with van der Waals surface area (Å²) in [5, 5.41) is 3.24. The van der Waals surface area contributed by atoms with Crippen LogP contribution in [0, 0.1) is 5.82 Å². The number of amides is 1. The lowest BCUT2D eigenvalue weighted by Crippen LogP contribution is -2.44. The van der Waals surface area contributed by atoms with Crippen molar-refractivity contribution >= 4 is 5.91 Å². The maximum absolute atomic E-state index is 13.4. The molecule has 0 aromatic carbocycles. The fraction of sp³-hybridized carbons (Fsp3) is 0.500. The summed E-state index contributed by atoms with van der Waals surface area (Å²) in [6, 6.07) is 1.62. The number of carbonyl (C=O) groups is 1. The molecule has 1 aliphatic rings. The van der Waals surface area contributed by atoms with Gasteiger partial charge in [-0.2, -0.15) is 0 Å². The van der Waals surface area contributed by atoms with E-state index in [1.165, 1.54) is 12.3 Å². The average molecular weight is 237 g/mol. The van der Waals surface area contributed by atoms with Gasteiger partial charge in [0.1, 0.15) is 0 Å². The minimum atomic E-state index is -0.557. The summed E-state index contributed by atoms with van der Waals surface area (Å²) < 4.78 is 13.4. The third kappa shape index (κ3) is 2.61. The zero-order valence-electron chi connectivity index (χ0n) is 9.82. The van der Waals surface area contributed by atoms with Gasteiger partial charge in [0.2, 0.25) is 0 Å². The zero-order valence-corrected chi connectivity index (χ0v) is 9.82. The molecule has 2 rings (SSSR count). The van der Waals surface area contributed by atoms with E-state index < -0.39 is 5.82 Å². The first-order chi connectivity index (χ1) is 8.20. The average Bonchev–Trinajstić information content (AvgIpc) is 2.39. The largest absolute Gasteiger partial charge is 0.339 e. The molecule has 1 aromatic heterocycles. The van der Waals surface area contributed by atoms with E-state index in [1.807, 2.05) is 0 Å². The van der Waals surface area contributed by atoms with Gasteiger partial charge in [-0.25, -0.2) is 4.39 Å². The van der Waals surface area contributed by atoms with Crippen LogP contribution in [0.2, 0.25) is 0 Å². The number of pyridine rings is 1. The van der Waals surface area contributed by atoms with Crippen LogP contribution in [0.5, 0.6) is 0 Å². The highest BCUT2D eigenvalue weighted by molar-refractivity contribution is 5.94. The second-order valence-electron chi connectivity index (χ2n) is 4.25. The van der Waals surface area contributed by atoms with Crippen LogP contribution < -0.4 is 5.32 Å². The van der Waals surface area contributed by atoms with Gasteiger partial charge in [0, 0.05) is 19.3 Å². The van der Waals surface area contributed by atoms with Gasteiger partial charge in [0.05, 0.1) is 11.8 Å². The smallest absolute Gasteiger partial charge is 0.256 e. The predicted octanol–water partition coefficient (Wildman–Crippen LogP) is 1.04. The molecule has 1 N–H and O–H groups in total. The Hall–Kier alpha value is -1.49. The number of nitrogens with zero attached hydrogens (tertiary/aromatic N) is 2. The molecular formula is C12H16FN3O. The fourth-order valence-electron chi connectivity index (χ4n) is 2.10. The number of aromatic nitrogens is 1. The SMILES string of the molecule is CN(C(=O)c1ccncc1F)C1CCNCC1. The molecule has 1 saturated heterocycles. The first-order valence-electron chi connectivity index (χ1n) is 5.77. The molecule has 0 spiro atoms. The topological polar surface area (TPSA) is 45.2 Å². The lowest BCUT2D eigenvalue weighted by molar-refractivity contribution is 0.0698. The standard InChI is InChI=1S/C12H16FN3O/c1-16(9-2-5-14-6-3-9)12(17)10-4-7-15-8-11(10)13/h4,7-9,14H,2-3,5-6H2,1H3. The molecular weight excluding hydrogens is 221 g/mol. The van der Waals surface area contributed by atoms with Gasteiger partial charge in [-0.1, -0.05) is 0 Å². The molecule has 0 atom stereocenters. The van der Waals surface area contributed by atoms with E-state index in [9.17, 15) is 9.18 Å². The highest BCUT2D eigenvalue weighted by atomic mass is 19.1. The maximum atomic E-state index is 13.4. The molecule has 0 radical (unpaired) electrons. The first-order valence-corrected chi connectivity index (χ1v) is 5.77. The molecule has 1 amide bonds. The van der Waals surface area contributed by atoms with Crippen LogP contribution in [-0.4, -0.2) is 42.0 Å². The Morgan fingerprint density at radius 2 is 2.24 bits per heavy atom. The van der Waals surface area contributed by atoms with Crippen molar-refractivity contribution in [2.75, 3.05) is 20.1 Å². The summed E-state index contributed by atoms with van der Waals surface area (Å²) in [4.78, 5) is 17.4. The summed E-state index contributed by atoms with van der Waals surface area (Å²) in [6.45, 7) is 1.81. The number of rotatable bonds is 2. The van der Waals surface area contributed by atoms with Gasteiger partial charge in [0.15, 0.2) is 5.82 Å². The van der Waals surface area contributed by atoms with Crippen molar-refractivity contribution in [3.05, 3.63) is 29.8 Å². The van der Waals surface area contributed by atoms with Crippen molar-refractivity contribution in [3.63, 3.8) is 0 Å². The van der Waals surface area contributed by atoms with Crippen molar-refractivity contribution in [1.29, 1.82) is 0 Å². The maximum Gasteiger partial charge on any atom is 0.256 e. The summed E-state index contributed by atoms with van der Waals surface area (Å²) >= 11 is 0. The van der Waals surface area contributed by atoms with E-state index in [2.05, 4.69) is 10.3 Å². The number of hydrogen-bond donors (Lipinski definition) is 1. The summed E-state index contributed by atoms with van der Waals surface area (Å²) in [5.74, 6) is -0.824. The quantitative estimate of drug-likeness (QED) is 0.836. The van der Waals surface area contributed by atoms with E-state index in [4.69, 9.17) is 0 Å². The zero-order chi connectivity index (χ0) is 12.3. The van der Waals surface area contributed by atoms with Crippen LogP contribution in [0.1, 0.15) is 23.2 Å². The highest BCUT2D eigenvalue weighted by Gasteiger charge is 2.24. The molecule has 0 bridgehead atoms. The number of nitrogens with one attached hydrogen (secondary N) is 1.